The molecule has 2 aliphatic rings. The van der Waals surface area contributed by atoms with Gasteiger partial charge in [0.15, 0.2) is 11.5 Å². The summed E-state index contributed by atoms with van der Waals surface area (Å²) < 4.78 is 15.8. The lowest BCUT2D eigenvalue weighted by Crippen LogP contribution is -2.39. The van der Waals surface area contributed by atoms with Gasteiger partial charge in [0.25, 0.3) is 0 Å². The van der Waals surface area contributed by atoms with E-state index in [-0.39, 0.29) is 24.7 Å². The minimum atomic E-state index is -0.235. The van der Waals surface area contributed by atoms with Gasteiger partial charge in [0.2, 0.25) is 12.7 Å². The Hall–Kier alpha value is -1.50. The molecule has 20 heavy (non-hydrogen) atoms. The topological polar surface area (TPSA) is 68.8 Å². The van der Waals surface area contributed by atoms with Crippen molar-refractivity contribution >= 4 is 23.2 Å². The van der Waals surface area contributed by atoms with Crippen molar-refractivity contribution in [2.75, 3.05) is 32.4 Å². The van der Waals surface area contributed by atoms with Crippen LogP contribution >= 0.6 is 11.6 Å². The van der Waals surface area contributed by atoms with Gasteiger partial charge < -0.3 is 24.8 Å². The van der Waals surface area contributed by atoms with Gasteiger partial charge in [0, 0.05) is 18.2 Å². The lowest BCUT2D eigenvalue weighted by atomic mass is 10.0. The quantitative estimate of drug-likeness (QED) is 0.879. The lowest BCUT2D eigenvalue weighted by molar-refractivity contribution is -0.120. The number of likely N-dealkylation sites (N-methyl/N-ethyl adjacent to an activating group) is 1. The maximum absolute atomic E-state index is 12.3. The summed E-state index contributed by atoms with van der Waals surface area (Å²) in [6.07, 6.45) is 0. The van der Waals surface area contributed by atoms with Crippen LogP contribution in [0, 0.1) is 5.92 Å². The first-order chi connectivity index (χ1) is 9.69. The molecule has 2 atom stereocenters. The summed E-state index contributed by atoms with van der Waals surface area (Å²) >= 11 is 6.13. The van der Waals surface area contributed by atoms with E-state index in [1.54, 1.807) is 12.1 Å². The highest BCUT2D eigenvalue weighted by atomic mass is 35.5. The first kappa shape index (κ1) is 13.5. The summed E-state index contributed by atoms with van der Waals surface area (Å²) in [6.45, 7) is 1.10. The molecule has 3 rings (SSSR count). The van der Waals surface area contributed by atoms with Crippen molar-refractivity contribution in [2.45, 2.75) is 6.04 Å². The molecule has 2 unspecified atom stereocenters. The molecule has 1 aromatic rings. The zero-order valence-corrected chi connectivity index (χ0v) is 11.7. The smallest absolute Gasteiger partial charge is 0.231 e. The normalized spacial score (nSPS) is 23.9. The third-order valence-electron chi connectivity index (χ3n) is 3.51. The first-order valence-corrected chi connectivity index (χ1v) is 6.72. The Morgan fingerprint density at radius 2 is 2.05 bits per heavy atom. The van der Waals surface area contributed by atoms with Gasteiger partial charge in [-0.15, -0.1) is 0 Å². The molecule has 1 aromatic carbocycles. The molecular formula is C13H15ClN2O4. The number of amides is 1. The highest BCUT2D eigenvalue weighted by Crippen LogP contribution is 2.39. The summed E-state index contributed by atoms with van der Waals surface area (Å²) in [5.41, 5.74) is 0.516. The maximum Gasteiger partial charge on any atom is 0.231 e. The van der Waals surface area contributed by atoms with E-state index in [0.717, 1.165) is 0 Å². The average Bonchev–Trinajstić information content (AvgIpc) is 3.06. The number of nitrogens with one attached hydrogen (secondary N) is 2. The molecule has 1 fully saturated rings. The second kappa shape index (κ2) is 5.47. The molecule has 1 saturated heterocycles. The van der Waals surface area contributed by atoms with E-state index in [4.69, 9.17) is 25.8 Å². The molecule has 0 radical (unpaired) electrons. The molecule has 0 aliphatic carbocycles. The van der Waals surface area contributed by atoms with Crippen LogP contribution in [0.5, 0.6) is 11.5 Å². The molecular weight excluding hydrogens is 284 g/mol. The molecule has 2 heterocycles. The van der Waals surface area contributed by atoms with Crippen molar-refractivity contribution < 1.29 is 19.0 Å². The molecule has 0 bridgehead atoms. The molecule has 6 nitrogen and oxygen atoms in total. The fourth-order valence-corrected chi connectivity index (χ4v) is 2.54. The maximum atomic E-state index is 12.3. The highest BCUT2D eigenvalue weighted by molar-refractivity contribution is 6.34. The van der Waals surface area contributed by atoms with Crippen molar-refractivity contribution in [1.29, 1.82) is 0 Å². The van der Waals surface area contributed by atoms with Gasteiger partial charge in [-0.25, -0.2) is 0 Å². The summed E-state index contributed by atoms with van der Waals surface area (Å²) in [5, 5.41) is 6.31. The Balaban J connectivity index is 1.76. The summed E-state index contributed by atoms with van der Waals surface area (Å²) in [6, 6.07) is 3.33. The van der Waals surface area contributed by atoms with E-state index in [9.17, 15) is 4.79 Å². The van der Waals surface area contributed by atoms with Gasteiger partial charge >= 0.3 is 0 Å². The number of ether oxygens (including phenoxy) is 3. The van der Waals surface area contributed by atoms with Gasteiger partial charge in [-0.2, -0.15) is 0 Å². The Morgan fingerprint density at radius 1 is 1.30 bits per heavy atom. The second-order valence-electron chi connectivity index (χ2n) is 4.71. The van der Waals surface area contributed by atoms with Crippen LogP contribution in [-0.4, -0.2) is 39.0 Å². The van der Waals surface area contributed by atoms with Crippen LogP contribution in [0.3, 0.4) is 0 Å². The Labute approximate surface area is 121 Å². The van der Waals surface area contributed by atoms with E-state index in [0.29, 0.717) is 35.4 Å². The SMILES string of the molecule is CNC1COCC1C(=O)Nc1cc2c(cc1Cl)OCO2. The van der Waals surface area contributed by atoms with E-state index in [1.807, 2.05) is 7.05 Å². The van der Waals surface area contributed by atoms with E-state index < -0.39 is 0 Å². The second-order valence-corrected chi connectivity index (χ2v) is 5.12. The number of carbonyl (C=O) groups excluding carboxylic acids is 1. The van der Waals surface area contributed by atoms with Crippen LogP contribution in [0.25, 0.3) is 0 Å². The third kappa shape index (κ3) is 2.42. The van der Waals surface area contributed by atoms with Crippen molar-refractivity contribution in [3.8, 4) is 11.5 Å². The third-order valence-corrected chi connectivity index (χ3v) is 3.82. The predicted molar refractivity (Wildman–Crippen MR) is 73.4 cm³/mol. The van der Waals surface area contributed by atoms with Crippen LogP contribution < -0.4 is 20.1 Å². The summed E-state index contributed by atoms with van der Waals surface area (Å²) in [7, 11) is 1.81. The van der Waals surface area contributed by atoms with Crippen molar-refractivity contribution in [3.63, 3.8) is 0 Å². The minimum absolute atomic E-state index is 0.0165. The zero-order valence-electron chi connectivity index (χ0n) is 10.9. The molecule has 0 spiro atoms. The summed E-state index contributed by atoms with van der Waals surface area (Å²) in [4.78, 5) is 12.3. The minimum Gasteiger partial charge on any atom is -0.454 e. The van der Waals surface area contributed by atoms with Crippen LogP contribution in [-0.2, 0) is 9.53 Å². The van der Waals surface area contributed by atoms with Crippen LogP contribution in [0.1, 0.15) is 0 Å². The van der Waals surface area contributed by atoms with Crippen molar-refractivity contribution in [1.82, 2.24) is 5.32 Å². The monoisotopic (exact) mass is 298 g/mol. The molecule has 0 aromatic heterocycles. The predicted octanol–water partition coefficient (Wildman–Crippen LogP) is 1.24. The van der Waals surface area contributed by atoms with E-state index in [2.05, 4.69) is 10.6 Å². The zero-order chi connectivity index (χ0) is 14.1. The van der Waals surface area contributed by atoms with Crippen molar-refractivity contribution in [2.24, 2.45) is 5.92 Å². The molecule has 2 N–H and O–H groups in total. The van der Waals surface area contributed by atoms with Gasteiger partial charge in [0.1, 0.15) is 0 Å². The fraction of sp³-hybridized carbons (Fsp3) is 0.462. The lowest BCUT2D eigenvalue weighted by Gasteiger charge is -2.17. The van der Waals surface area contributed by atoms with Crippen molar-refractivity contribution in [3.05, 3.63) is 17.2 Å². The largest absolute Gasteiger partial charge is 0.454 e. The molecule has 2 aliphatic heterocycles. The van der Waals surface area contributed by atoms with Crippen LogP contribution in [0.4, 0.5) is 5.69 Å². The van der Waals surface area contributed by atoms with Crippen LogP contribution in [0.15, 0.2) is 12.1 Å². The fourth-order valence-electron chi connectivity index (χ4n) is 2.34. The number of hydrogen-bond acceptors (Lipinski definition) is 5. The van der Waals surface area contributed by atoms with Gasteiger partial charge in [-0.05, 0) is 7.05 Å². The number of anilines is 1. The number of fused-ring (bicyclic) bond motifs is 1. The number of carbonyl (C=O) groups is 1. The molecule has 108 valence electrons. The first-order valence-electron chi connectivity index (χ1n) is 6.34. The Morgan fingerprint density at radius 3 is 2.80 bits per heavy atom. The van der Waals surface area contributed by atoms with Crippen LogP contribution in [0.2, 0.25) is 5.02 Å². The Kier molecular flexibility index (Phi) is 3.69. The van der Waals surface area contributed by atoms with Gasteiger partial charge in [0.05, 0.1) is 29.8 Å². The molecule has 1 amide bonds. The molecule has 7 heteroatoms. The number of rotatable bonds is 3. The number of hydrogen-bond donors (Lipinski definition) is 2. The molecule has 0 saturated carbocycles. The average molecular weight is 299 g/mol. The standard InChI is InChI=1S/C13H15ClN2O4/c1-15-10-5-18-4-7(10)13(17)16-9-3-12-11(2-8(9)14)19-6-20-12/h2-3,7,10,15H,4-6H2,1H3,(H,16,17). The Bertz CT molecular complexity index is 537. The number of benzene rings is 1. The van der Waals surface area contributed by atoms with Gasteiger partial charge in [-0.1, -0.05) is 11.6 Å². The highest BCUT2D eigenvalue weighted by Gasteiger charge is 2.33. The van der Waals surface area contributed by atoms with E-state index >= 15 is 0 Å². The van der Waals surface area contributed by atoms with E-state index in [1.165, 1.54) is 0 Å². The number of halogens is 1. The summed E-state index contributed by atoms with van der Waals surface area (Å²) in [5.74, 6) is 0.812. The van der Waals surface area contributed by atoms with Gasteiger partial charge in [-0.3, -0.25) is 4.79 Å².